The Morgan fingerprint density at radius 2 is 1.32 bits per heavy atom. The zero-order chi connectivity index (χ0) is 57.7. The molecule has 0 fully saturated rings. The van der Waals surface area contributed by atoms with E-state index in [-0.39, 0.29) is 86.9 Å². The number of nitrogens with zero attached hydrogens (tertiary/aromatic N) is 11. The van der Waals surface area contributed by atoms with Crippen LogP contribution in [0.25, 0.3) is 37.7 Å². The van der Waals surface area contributed by atoms with E-state index in [4.69, 9.17) is 16.3 Å². The predicted molar refractivity (Wildman–Crippen MR) is 283 cm³/mol. The van der Waals surface area contributed by atoms with Crippen LogP contribution in [0.4, 0.5) is 39.3 Å². The van der Waals surface area contributed by atoms with Crippen molar-refractivity contribution in [3.63, 3.8) is 0 Å². The number of phenols is 1. The van der Waals surface area contributed by atoms with Crippen LogP contribution >= 0.6 is 22.9 Å². The molecule has 79 heavy (non-hydrogen) atoms. The molecule has 0 spiro atoms. The summed E-state index contributed by atoms with van der Waals surface area (Å²) in [5, 5.41) is 55.8. The quantitative estimate of drug-likeness (QED) is 0.0293. The lowest BCUT2D eigenvalue weighted by Crippen LogP contribution is -2.28. The van der Waals surface area contributed by atoms with Gasteiger partial charge in [0, 0.05) is 35.5 Å². The minimum Gasteiger partial charge on any atom is -0.505 e. The molecule has 0 saturated heterocycles. The van der Waals surface area contributed by atoms with Crippen LogP contribution in [0.1, 0.15) is 24.0 Å². The molecule has 36 heteroatoms. The van der Waals surface area contributed by atoms with Gasteiger partial charge in [0.25, 0.3) is 50.6 Å². The van der Waals surface area contributed by atoms with Crippen LogP contribution in [0.3, 0.4) is 0 Å². The summed E-state index contributed by atoms with van der Waals surface area (Å²) in [5.74, 6) is -3.62. The van der Waals surface area contributed by atoms with Crippen molar-refractivity contribution in [3.05, 3.63) is 82.9 Å². The second-order valence-corrected chi connectivity index (χ2v) is 25.4. The Labute approximate surface area is 455 Å². The molecule has 8 rings (SSSR count). The van der Waals surface area contributed by atoms with Crippen molar-refractivity contribution < 1.29 is 79.8 Å². The van der Waals surface area contributed by atoms with Crippen LogP contribution in [0.5, 0.6) is 17.4 Å². The minimum absolute atomic E-state index is 0.0330. The number of anilines is 1. The number of nitriles is 1. The molecule has 0 saturated carbocycles. The van der Waals surface area contributed by atoms with Gasteiger partial charge in [-0.05, 0) is 68.3 Å². The number of azo groups is 3. The van der Waals surface area contributed by atoms with Gasteiger partial charge in [0.2, 0.25) is 11.0 Å². The monoisotopic (exact) mass is 1220 g/mol. The van der Waals surface area contributed by atoms with Crippen molar-refractivity contribution in [2.75, 3.05) is 36.6 Å². The number of ether oxygens (including phenoxy) is 1. The molecule has 29 nitrogen and oxygen atoms in total. The third-order valence-electron chi connectivity index (χ3n) is 11.5. The number of fused-ring (bicyclic) bond motifs is 5. The highest BCUT2D eigenvalue weighted by atomic mass is 35.5. The van der Waals surface area contributed by atoms with Crippen molar-refractivity contribution in [2.45, 2.75) is 34.5 Å². The maximum Gasteiger partial charge on any atom is 0.297 e. The molecule has 8 aromatic rings. The first kappa shape index (κ1) is 57.7. The lowest BCUT2D eigenvalue weighted by molar-refractivity contribution is 0.416. The Hall–Kier alpha value is -7.47. The predicted octanol–water partition coefficient (Wildman–Crippen LogP) is 8.85. The number of methoxy groups -OCH3 is 1. The second-order valence-electron chi connectivity index (χ2n) is 16.7. The maximum absolute atomic E-state index is 13.2. The van der Waals surface area contributed by atoms with Gasteiger partial charge in [0.05, 0.1) is 50.6 Å². The van der Waals surface area contributed by atoms with E-state index in [1.165, 1.54) is 28.4 Å². The van der Waals surface area contributed by atoms with Crippen molar-refractivity contribution in [1.82, 2.24) is 14.4 Å². The maximum atomic E-state index is 13.2. The van der Waals surface area contributed by atoms with Gasteiger partial charge >= 0.3 is 0 Å². The fourth-order valence-corrected chi connectivity index (χ4v) is 12.4. The van der Waals surface area contributed by atoms with Gasteiger partial charge < -0.3 is 19.8 Å². The molecule has 0 aliphatic rings. The molecule has 0 bridgehead atoms. The summed E-state index contributed by atoms with van der Waals surface area (Å²) < 4.78 is 180. The largest absolute Gasteiger partial charge is 0.505 e. The Kier molecular flexibility index (Phi) is 15.8. The molecule has 7 N–H and O–H groups in total. The molecule has 3 aromatic heterocycles. The summed E-state index contributed by atoms with van der Waals surface area (Å²) >= 11 is 6.93. The smallest absolute Gasteiger partial charge is 0.297 e. The minimum atomic E-state index is -5.58. The highest BCUT2D eigenvalue weighted by Crippen LogP contribution is 2.48. The molecular weight excluding hydrogens is 1190 g/mol. The van der Waals surface area contributed by atoms with E-state index in [9.17, 15) is 80.3 Å². The highest BCUT2D eigenvalue weighted by Gasteiger charge is 2.29. The average molecular weight is 1220 g/mol. The lowest BCUT2D eigenvalue weighted by atomic mass is 10.1. The molecule has 0 aliphatic carbocycles. The number of rotatable bonds is 19. The van der Waals surface area contributed by atoms with Gasteiger partial charge in [0.1, 0.15) is 54.8 Å². The number of pyridine rings is 1. The summed E-state index contributed by atoms with van der Waals surface area (Å²) in [6.07, 6.45) is -0.697. The van der Waals surface area contributed by atoms with E-state index in [0.717, 1.165) is 42.7 Å². The molecule has 0 unspecified atom stereocenters. The van der Waals surface area contributed by atoms with E-state index in [1.54, 1.807) is 24.3 Å². The normalized spacial score (nSPS) is 13.1. The van der Waals surface area contributed by atoms with Crippen LogP contribution in [0, 0.1) is 18.3 Å². The van der Waals surface area contributed by atoms with Crippen LogP contribution in [-0.2, 0) is 50.6 Å². The Balaban J connectivity index is 1.28. The summed E-state index contributed by atoms with van der Waals surface area (Å²) in [4.78, 5) is 6.76. The Morgan fingerprint density at radius 1 is 0.696 bits per heavy atom. The molecule has 0 atom stereocenters. The first-order valence-electron chi connectivity index (χ1n) is 21.9. The van der Waals surface area contributed by atoms with Gasteiger partial charge in [-0.25, -0.2) is 9.97 Å². The standard InChI is InChI=1S/C43H36ClN11O18S6/c1-21-24(20-45)41-46-26-7-3-4-8-31(26)55(41)42(57)37(21)51-48-27-10-9-22-23(40(27)79(70,71)72)15-36(78(67,68)69)38(39(22)56)52-49-28-18-33(73-2)29(17-32(28)54(11-5-13-75(58,59)60)12-6-14-76(61,62)63)50-53-43-47-30-19-35(77(64,65)66)25(44)16-34(30)74-43/h3-4,7-10,15-19,56-57H,5-6,11-14H2,1-2H3,(H,58,59,60)(H,61,62,63)(H,64,65,66)(H,67,68,69)(H,70,71,72). The third-order valence-corrected chi connectivity index (χ3v) is 17.1. The van der Waals surface area contributed by atoms with Gasteiger partial charge in [0.15, 0.2) is 17.1 Å². The fourth-order valence-electron chi connectivity index (χ4n) is 8.06. The van der Waals surface area contributed by atoms with Crippen molar-refractivity contribution >= 4 is 150 Å². The second kappa shape index (κ2) is 21.6. The summed E-state index contributed by atoms with van der Waals surface area (Å²) in [6.45, 7) is 0.716. The molecule has 0 radical (unpaired) electrons. The number of aromatic nitrogens is 3. The Morgan fingerprint density at radius 3 is 1.92 bits per heavy atom. The number of para-hydroxylation sites is 2. The SMILES string of the molecule is COc1cc(N=Nc2c(S(=O)(=O)O)cc3c(S(=O)(=O)O)c(N=Nc4c(C)c(C#N)c5nc6ccccc6n5c4O)ccc3c2O)c(N(CCCS(=O)(=O)O)CCCS(=O)(=O)O)cc1N=Nc1nc2cc(S(=O)(=O)O)c(Cl)cc2s1. The number of hydrogen-bond acceptors (Lipinski definition) is 24. The van der Waals surface area contributed by atoms with Crippen molar-refractivity contribution in [1.29, 1.82) is 5.26 Å². The number of aromatic hydroxyl groups is 2. The summed E-state index contributed by atoms with van der Waals surface area (Å²) in [5.41, 5.74) is -2.00. The first-order valence-corrected chi connectivity index (χ1v) is 30.6. The summed E-state index contributed by atoms with van der Waals surface area (Å²) in [6, 6.07) is 15.4. The number of hydrogen-bond donors (Lipinski definition) is 7. The number of imidazole rings is 1. The number of phenolic OH excluding ortho intramolecular Hbond substituents is 1. The van der Waals surface area contributed by atoms with Gasteiger partial charge in [-0.15, -0.1) is 30.7 Å². The molecule has 0 aliphatic heterocycles. The first-order chi connectivity index (χ1) is 36.9. The average Bonchev–Trinajstić information content (AvgIpc) is 4.20. The third kappa shape index (κ3) is 12.4. The van der Waals surface area contributed by atoms with Gasteiger partial charge in [-0.1, -0.05) is 35.1 Å². The van der Waals surface area contributed by atoms with Crippen molar-refractivity contribution in [3.8, 4) is 23.4 Å². The van der Waals surface area contributed by atoms with E-state index in [1.807, 2.05) is 6.07 Å². The number of benzene rings is 5. The van der Waals surface area contributed by atoms with E-state index in [2.05, 4.69) is 40.7 Å². The molecule has 414 valence electrons. The zero-order valence-corrected chi connectivity index (χ0v) is 45.6. The van der Waals surface area contributed by atoms with Crippen molar-refractivity contribution in [2.24, 2.45) is 30.7 Å². The van der Waals surface area contributed by atoms with Crippen LogP contribution in [0.15, 0.2) is 112 Å². The van der Waals surface area contributed by atoms with E-state index >= 15 is 0 Å². The van der Waals surface area contributed by atoms with Crippen LogP contribution in [-0.4, -0.2) is 121 Å². The highest BCUT2D eigenvalue weighted by molar-refractivity contribution is 7.87. The van der Waals surface area contributed by atoms with E-state index < -0.39 is 111 Å². The molecule has 0 amide bonds. The van der Waals surface area contributed by atoms with Crippen LogP contribution in [0.2, 0.25) is 5.02 Å². The fraction of sp³-hybridized carbons (Fsp3) is 0.186. The van der Waals surface area contributed by atoms with Crippen LogP contribution < -0.4 is 9.64 Å². The lowest BCUT2D eigenvalue weighted by Gasteiger charge is -2.26. The van der Waals surface area contributed by atoms with Gasteiger partial charge in [-0.3, -0.25) is 27.2 Å². The number of thiazole rings is 1. The topological polar surface area (TPSA) is 453 Å². The zero-order valence-electron chi connectivity index (χ0n) is 40.0. The molecule has 3 heterocycles. The molecule has 5 aromatic carbocycles. The van der Waals surface area contributed by atoms with E-state index in [0.29, 0.717) is 21.8 Å². The summed E-state index contributed by atoms with van der Waals surface area (Å²) in [7, 11) is -23.9. The van der Waals surface area contributed by atoms with Gasteiger partial charge in [-0.2, -0.15) is 47.4 Å². The number of halogens is 1. The molecular formula is C43H36ClN11O18S6. The Bertz CT molecular complexity index is 4570.